The number of nitrogens with zero attached hydrogens (tertiary/aromatic N) is 2. The summed E-state index contributed by atoms with van der Waals surface area (Å²) in [5, 5.41) is 0. The molecule has 0 aliphatic rings. The second-order valence-electron chi connectivity index (χ2n) is 8.19. The molecule has 1 aromatic heterocycles. The number of rotatable bonds is 3. The first-order chi connectivity index (χ1) is 13.9. The van der Waals surface area contributed by atoms with Crippen molar-refractivity contribution in [2.45, 2.75) is 41.5 Å². The van der Waals surface area contributed by atoms with Gasteiger partial charge in [0.25, 0.3) is 0 Å². The Kier molecular flexibility index (Phi) is 4.87. The maximum absolute atomic E-state index is 4.91. The van der Waals surface area contributed by atoms with Crippen molar-refractivity contribution in [2.24, 2.45) is 0 Å². The summed E-state index contributed by atoms with van der Waals surface area (Å²) in [6.07, 6.45) is 2.03. The molecule has 0 saturated carbocycles. The number of aryl methyl sites for hydroxylation is 6. The minimum atomic E-state index is 0.982. The number of hydrogen-bond acceptors (Lipinski definition) is 1. The van der Waals surface area contributed by atoms with Gasteiger partial charge in [-0.2, -0.15) is 0 Å². The lowest BCUT2D eigenvalue weighted by molar-refractivity contribution is 1.03. The zero-order chi connectivity index (χ0) is 20.7. The number of hydrogen-bond donors (Lipinski definition) is 0. The van der Waals surface area contributed by atoms with E-state index < -0.39 is 0 Å². The molecular formula is C27H28N2. The second-order valence-corrected chi connectivity index (χ2v) is 8.19. The van der Waals surface area contributed by atoms with E-state index in [1.54, 1.807) is 0 Å². The van der Waals surface area contributed by atoms with Gasteiger partial charge in [0.15, 0.2) is 0 Å². The van der Waals surface area contributed by atoms with Gasteiger partial charge in [-0.05, 0) is 63.8 Å². The predicted molar refractivity (Wildman–Crippen MR) is 123 cm³/mol. The van der Waals surface area contributed by atoms with E-state index in [1.165, 1.54) is 44.6 Å². The van der Waals surface area contributed by atoms with Gasteiger partial charge in [-0.1, -0.05) is 65.7 Å². The van der Waals surface area contributed by atoms with Gasteiger partial charge in [0.05, 0.1) is 17.6 Å². The zero-order valence-electron chi connectivity index (χ0n) is 18.2. The maximum atomic E-state index is 4.91. The molecule has 0 N–H and O–H groups in total. The lowest BCUT2D eigenvalue weighted by atomic mass is 9.96. The Morgan fingerprint density at radius 1 is 0.655 bits per heavy atom. The van der Waals surface area contributed by atoms with E-state index in [1.807, 2.05) is 12.3 Å². The third-order valence-corrected chi connectivity index (χ3v) is 5.59. The summed E-state index contributed by atoms with van der Waals surface area (Å²) in [7, 11) is 0. The largest absolute Gasteiger partial charge is 0.292 e. The van der Waals surface area contributed by atoms with Crippen molar-refractivity contribution >= 4 is 0 Å². The van der Waals surface area contributed by atoms with Gasteiger partial charge in [-0.25, -0.2) is 4.98 Å². The van der Waals surface area contributed by atoms with Crippen LogP contribution in [0.4, 0.5) is 0 Å². The lowest BCUT2D eigenvalue weighted by Gasteiger charge is -2.20. The summed E-state index contributed by atoms with van der Waals surface area (Å²) in [4.78, 5) is 4.91. The van der Waals surface area contributed by atoms with Gasteiger partial charge in [0.1, 0.15) is 5.82 Å². The van der Waals surface area contributed by atoms with Crippen molar-refractivity contribution in [3.63, 3.8) is 0 Å². The van der Waals surface area contributed by atoms with Crippen LogP contribution in [0.1, 0.15) is 33.4 Å². The van der Waals surface area contributed by atoms with Crippen molar-refractivity contribution in [3.8, 4) is 28.3 Å². The molecule has 0 unspecified atom stereocenters. The molecule has 0 bridgehead atoms. The number of aromatic nitrogens is 2. The molecular weight excluding hydrogens is 352 g/mol. The van der Waals surface area contributed by atoms with Crippen LogP contribution < -0.4 is 0 Å². The Morgan fingerprint density at radius 3 is 1.72 bits per heavy atom. The molecule has 2 nitrogen and oxygen atoms in total. The normalized spacial score (nSPS) is 11.1. The van der Waals surface area contributed by atoms with Crippen molar-refractivity contribution in [2.75, 3.05) is 0 Å². The van der Waals surface area contributed by atoms with E-state index in [2.05, 4.69) is 94.6 Å². The molecule has 0 fully saturated rings. The standard InChI is InChI=1S/C27H28N2/c1-17-12-19(3)25(20(4)13-17)24-16-28-27(23-10-8-7-9-11-23)29(24)26-21(5)14-18(2)15-22(26)6/h7-16H,1-6H3. The van der Waals surface area contributed by atoms with E-state index in [9.17, 15) is 0 Å². The Hall–Kier alpha value is -3.13. The van der Waals surface area contributed by atoms with Crippen molar-refractivity contribution < 1.29 is 0 Å². The summed E-state index contributed by atoms with van der Waals surface area (Å²) < 4.78 is 2.35. The summed E-state index contributed by atoms with van der Waals surface area (Å²) >= 11 is 0. The zero-order valence-corrected chi connectivity index (χ0v) is 18.2. The Balaban J connectivity index is 2.10. The van der Waals surface area contributed by atoms with Gasteiger partial charge < -0.3 is 0 Å². The quantitative estimate of drug-likeness (QED) is 0.372. The first-order valence-electron chi connectivity index (χ1n) is 10.2. The van der Waals surface area contributed by atoms with Crippen LogP contribution in [0.25, 0.3) is 28.3 Å². The fourth-order valence-electron chi connectivity index (χ4n) is 4.65. The van der Waals surface area contributed by atoms with Crippen LogP contribution in [-0.4, -0.2) is 9.55 Å². The molecule has 146 valence electrons. The van der Waals surface area contributed by atoms with Gasteiger partial charge in [-0.3, -0.25) is 4.57 Å². The fourth-order valence-corrected chi connectivity index (χ4v) is 4.65. The number of benzene rings is 3. The third kappa shape index (κ3) is 3.40. The Labute approximate surface area is 173 Å². The molecule has 0 atom stereocenters. The average molecular weight is 381 g/mol. The van der Waals surface area contributed by atoms with Gasteiger partial charge in [-0.15, -0.1) is 0 Å². The summed E-state index contributed by atoms with van der Waals surface area (Å²) in [5.41, 5.74) is 12.4. The maximum Gasteiger partial charge on any atom is 0.145 e. The van der Waals surface area contributed by atoms with Crippen LogP contribution in [0.15, 0.2) is 60.8 Å². The van der Waals surface area contributed by atoms with E-state index >= 15 is 0 Å². The molecule has 2 heteroatoms. The van der Waals surface area contributed by atoms with Crippen molar-refractivity contribution in [3.05, 3.63) is 94.2 Å². The summed E-state index contributed by atoms with van der Waals surface area (Å²) in [5.74, 6) is 0.982. The highest BCUT2D eigenvalue weighted by Gasteiger charge is 2.20. The van der Waals surface area contributed by atoms with Crippen LogP contribution in [-0.2, 0) is 0 Å². The fraction of sp³-hybridized carbons (Fsp3) is 0.222. The van der Waals surface area contributed by atoms with Crippen LogP contribution in [0.5, 0.6) is 0 Å². The van der Waals surface area contributed by atoms with Crippen LogP contribution in [0.2, 0.25) is 0 Å². The van der Waals surface area contributed by atoms with Gasteiger partial charge in [0.2, 0.25) is 0 Å². The molecule has 0 aliphatic heterocycles. The average Bonchev–Trinajstić information content (AvgIpc) is 3.05. The SMILES string of the molecule is Cc1cc(C)c(-c2cnc(-c3ccccc3)n2-c2c(C)cc(C)cc2C)c(C)c1. The minimum Gasteiger partial charge on any atom is -0.292 e. The molecule has 4 aromatic rings. The summed E-state index contributed by atoms with van der Waals surface area (Å²) in [6.45, 7) is 13.1. The van der Waals surface area contributed by atoms with E-state index in [0.717, 1.165) is 17.1 Å². The molecule has 0 saturated heterocycles. The molecule has 0 spiro atoms. The predicted octanol–water partition coefficient (Wildman–Crippen LogP) is 7.06. The first-order valence-corrected chi connectivity index (χ1v) is 10.2. The monoisotopic (exact) mass is 380 g/mol. The van der Waals surface area contributed by atoms with E-state index in [0.29, 0.717) is 0 Å². The Morgan fingerprint density at radius 2 is 1.17 bits per heavy atom. The highest BCUT2D eigenvalue weighted by molar-refractivity contribution is 5.75. The smallest absolute Gasteiger partial charge is 0.145 e. The second kappa shape index (κ2) is 7.36. The van der Waals surface area contributed by atoms with Crippen LogP contribution in [0, 0.1) is 41.5 Å². The topological polar surface area (TPSA) is 17.8 Å². The molecule has 0 radical (unpaired) electrons. The van der Waals surface area contributed by atoms with E-state index in [-0.39, 0.29) is 0 Å². The van der Waals surface area contributed by atoms with Crippen LogP contribution in [0.3, 0.4) is 0 Å². The molecule has 4 rings (SSSR count). The molecule has 29 heavy (non-hydrogen) atoms. The molecule has 0 aliphatic carbocycles. The highest BCUT2D eigenvalue weighted by Crippen LogP contribution is 2.36. The third-order valence-electron chi connectivity index (χ3n) is 5.59. The molecule has 1 heterocycles. The number of imidazole rings is 1. The van der Waals surface area contributed by atoms with Gasteiger partial charge in [0, 0.05) is 11.1 Å². The highest BCUT2D eigenvalue weighted by atomic mass is 15.1. The minimum absolute atomic E-state index is 0.982. The first kappa shape index (κ1) is 19.2. The van der Waals surface area contributed by atoms with Crippen LogP contribution >= 0.6 is 0 Å². The van der Waals surface area contributed by atoms with Crippen molar-refractivity contribution in [1.29, 1.82) is 0 Å². The molecule has 3 aromatic carbocycles. The summed E-state index contributed by atoms with van der Waals surface area (Å²) in [6, 6.07) is 19.5. The molecule has 0 amide bonds. The van der Waals surface area contributed by atoms with Crippen molar-refractivity contribution in [1.82, 2.24) is 9.55 Å². The Bertz CT molecular complexity index is 1150. The van der Waals surface area contributed by atoms with Gasteiger partial charge >= 0.3 is 0 Å². The van der Waals surface area contributed by atoms with E-state index in [4.69, 9.17) is 4.98 Å². The lowest BCUT2D eigenvalue weighted by Crippen LogP contribution is -2.06.